The highest BCUT2D eigenvalue weighted by Gasteiger charge is 2.13. The molecule has 1 unspecified atom stereocenters. The Kier molecular flexibility index (Phi) is 4.35. The zero-order valence-electron chi connectivity index (χ0n) is 10.1. The minimum Gasteiger partial charge on any atom is -0.345 e. The molecular formula is C13H11Cl2N3O. The normalized spacial score (nSPS) is 11.9. The van der Waals surface area contributed by atoms with Gasteiger partial charge in [-0.15, -0.1) is 0 Å². The molecule has 2 aromatic rings. The highest BCUT2D eigenvalue weighted by Crippen LogP contribution is 2.20. The van der Waals surface area contributed by atoms with Gasteiger partial charge in [0.2, 0.25) is 0 Å². The molecule has 1 atom stereocenters. The third-order valence-corrected chi connectivity index (χ3v) is 3.28. The van der Waals surface area contributed by atoms with Crippen LogP contribution in [-0.2, 0) is 0 Å². The predicted molar refractivity (Wildman–Crippen MR) is 74.4 cm³/mol. The van der Waals surface area contributed by atoms with Gasteiger partial charge in [0.25, 0.3) is 5.91 Å². The third-order valence-electron chi connectivity index (χ3n) is 2.59. The van der Waals surface area contributed by atoms with Crippen molar-refractivity contribution in [2.24, 2.45) is 0 Å². The number of amides is 1. The summed E-state index contributed by atoms with van der Waals surface area (Å²) in [5.74, 6) is -0.262. The number of aromatic nitrogens is 2. The van der Waals surface area contributed by atoms with Gasteiger partial charge in [-0.25, -0.2) is 4.98 Å². The predicted octanol–water partition coefficient (Wildman–Crippen LogP) is 3.27. The number of nitrogens with zero attached hydrogens (tertiary/aromatic N) is 2. The van der Waals surface area contributed by atoms with Crippen molar-refractivity contribution < 1.29 is 4.79 Å². The van der Waals surface area contributed by atoms with Crippen LogP contribution in [0.15, 0.2) is 36.8 Å². The molecular weight excluding hydrogens is 285 g/mol. The Morgan fingerprint density at radius 3 is 2.79 bits per heavy atom. The fourth-order valence-electron chi connectivity index (χ4n) is 1.54. The number of hydrogen-bond donors (Lipinski definition) is 1. The Balaban J connectivity index is 2.11. The summed E-state index contributed by atoms with van der Waals surface area (Å²) in [5.41, 5.74) is 1.29. The van der Waals surface area contributed by atoms with Crippen LogP contribution in [0.5, 0.6) is 0 Å². The Morgan fingerprint density at radius 2 is 2.16 bits per heavy atom. The minimum absolute atomic E-state index is 0.157. The van der Waals surface area contributed by atoms with E-state index < -0.39 is 0 Å². The summed E-state index contributed by atoms with van der Waals surface area (Å²) in [6, 6.07) is 5.04. The van der Waals surface area contributed by atoms with E-state index >= 15 is 0 Å². The lowest BCUT2D eigenvalue weighted by molar-refractivity contribution is 0.0939. The standard InChI is InChI=1S/C13H11Cl2N3O/c1-8(9-3-2-4-16-6-9)18-13(19)10-5-11(14)12(15)17-7-10/h2-8H,1H3,(H,18,19). The van der Waals surface area contributed by atoms with Crippen LogP contribution in [0.25, 0.3) is 0 Å². The molecule has 1 N–H and O–H groups in total. The molecule has 0 aliphatic carbocycles. The summed E-state index contributed by atoms with van der Waals surface area (Å²) in [5, 5.41) is 3.27. The summed E-state index contributed by atoms with van der Waals surface area (Å²) < 4.78 is 0. The summed E-state index contributed by atoms with van der Waals surface area (Å²) in [4.78, 5) is 19.9. The van der Waals surface area contributed by atoms with Gasteiger partial charge in [0, 0.05) is 18.6 Å². The SMILES string of the molecule is CC(NC(=O)c1cnc(Cl)c(Cl)c1)c1cccnc1. The fourth-order valence-corrected chi connectivity index (χ4v) is 1.81. The Labute approximate surface area is 120 Å². The highest BCUT2D eigenvalue weighted by molar-refractivity contribution is 6.41. The van der Waals surface area contributed by atoms with Crippen molar-refractivity contribution in [3.63, 3.8) is 0 Å². The van der Waals surface area contributed by atoms with Gasteiger partial charge < -0.3 is 5.32 Å². The van der Waals surface area contributed by atoms with Crippen molar-refractivity contribution in [1.29, 1.82) is 0 Å². The van der Waals surface area contributed by atoms with Crippen LogP contribution >= 0.6 is 23.2 Å². The Bertz CT molecular complexity index is 590. The second-order valence-corrected chi connectivity index (χ2v) is 4.74. The second kappa shape index (κ2) is 5.99. The van der Waals surface area contributed by atoms with Gasteiger partial charge in [0.1, 0.15) is 5.15 Å². The topological polar surface area (TPSA) is 54.9 Å². The highest BCUT2D eigenvalue weighted by atomic mass is 35.5. The first-order chi connectivity index (χ1) is 9.08. The van der Waals surface area contributed by atoms with E-state index in [4.69, 9.17) is 23.2 Å². The Morgan fingerprint density at radius 1 is 1.37 bits per heavy atom. The first kappa shape index (κ1) is 13.8. The number of carbonyl (C=O) groups is 1. The van der Waals surface area contributed by atoms with Gasteiger partial charge in [-0.3, -0.25) is 9.78 Å². The lowest BCUT2D eigenvalue weighted by Crippen LogP contribution is -2.26. The van der Waals surface area contributed by atoms with E-state index in [0.717, 1.165) is 5.56 Å². The van der Waals surface area contributed by atoms with Crippen molar-refractivity contribution >= 4 is 29.1 Å². The van der Waals surface area contributed by atoms with E-state index in [2.05, 4.69) is 15.3 Å². The summed E-state index contributed by atoms with van der Waals surface area (Å²) >= 11 is 11.5. The molecule has 0 fully saturated rings. The van der Waals surface area contributed by atoms with E-state index in [-0.39, 0.29) is 22.1 Å². The smallest absolute Gasteiger partial charge is 0.253 e. The van der Waals surface area contributed by atoms with Crippen LogP contribution in [0.1, 0.15) is 28.9 Å². The van der Waals surface area contributed by atoms with Gasteiger partial charge in [0.15, 0.2) is 0 Å². The van der Waals surface area contributed by atoms with E-state index in [9.17, 15) is 4.79 Å². The molecule has 1 amide bonds. The monoisotopic (exact) mass is 295 g/mol. The van der Waals surface area contributed by atoms with Gasteiger partial charge in [-0.05, 0) is 24.6 Å². The molecule has 0 aliphatic rings. The van der Waals surface area contributed by atoms with Gasteiger partial charge in [0.05, 0.1) is 16.6 Å². The number of rotatable bonds is 3. The van der Waals surface area contributed by atoms with Crippen LogP contribution < -0.4 is 5.32 Å². The van der Waals surface area contributed by atoms with Crippen molar-refractivity contribution in [3.8, 4) is 0 Å². The average Bonchev–Trinajstić information content (AvgIpc) is 2.42. The van der Waals surface area contributed by atoms with Gasteiger partial charge in [-0.2, -0.15) is 0 Å². The van der Waals surface area contributed by atoms with Crippen molar-refractivity contribution in [1.82, 2.24) is 15.3 Å². The minimum atomic E-state index is -0.262. The van der Waals surface area contributed by atoms with E-state index in [1.54, 1.807) is 12.4 Å². The molecule has 2 heterocycles. The zero-order chi connectivity index (χ0) is 13.8. The average molecular weight is 296 g/mol. The van der Waals surface area contributed by atoms with E-state index in [0.29, 0.717) is 5.56 Å². The fraction of sp³-hybridized carbons (Fsp3) is 0.154. The molecule has 19 heavy (non-hydrogen) atoms. The molecule has 0 bridgehead atoms. The number of halogens is 2. The lowest BCUT2D eigenvalue weighted by Gasteiger charge is -2.13. The quantitative estimate of drug-likeness (QED) is 0.884. The maximum absolute atomic E-state index is 12.0. The summed E-state index contributed by atoms with van der Waals surface area (Å²) in [6.07, 6.45) is 4.78. The molecule has 0 saturated carbocycles. The Hall–Kier alpha value is -1.65. The summed E-state index contributed by atoms with van der Waals surface area (Å²) in [7, 11) is 0. The third kappa shape index (κ3) is 3.43. The van der Waals surface area contributed by atoms with E-state index in [1.807, 2.05) is 19.1 Å². The number of carbonyl (C=O) groups excluding carboxylic acids is 1. The first-order valence-corrected chi connectivity index (χ1v) is 6.35. The lowest BCUT2D eigenvalue weighted by atomic mass is 10.1. The number of nitrogens with one attached hydrogen (secondary N) is 1. The van der Waals surface area contributed by atoms with Crippen molar-refractivity contribution in [2.75, 3.05) is 0 Å². The first-order valence-electron chi connectivity index (χ1n) is 5.60. The molecule has 4 nitrogen and oxygen atoms in total. The summed E-state index contributed by atoms with van der Waals surface area (Å²) in [6.45, 7) is 1.87. The van der Waals surface area contributed by atoms with Gasteiger partial charge >= 0.3 is 0 Å². The van der Waals surface area contributed by atoms with Crippen molar-refractivity contribution in [2.45, 2.75) is 13.0 Å². The van der Waals surface area contributed by atoms with Crippen molar-refractivity contribution in [3.05, 3.63) is 58.1 Å². The second-order valence-electron chi connectivity index (χ2n) is 3.98. The molecule has 0 radical (unpaired) electrons. The zero-order valence-corrected chi connectivity index (χ0v) is 11.6. The van der Waals surface area contributed by atoms with Crippen LogP contribution in [0.2, 0.25) is 10.2 Å². The molecule has 98 valence electrons. The molecule has 0 spiro atoms. The van der Waals surface area contributed by atoms with Crippen LogP contribution in [0, 0.1) is 0 Å². The maximum atomic E-state index is 12.0. The van der Waals surface area contributed by atoms with E-state index in [1.165, 1.54) is 12.3 Å². The largest absolute Gasteiger partial charge is 0.345 e. The van der Waals surface area contributed by atoms with Crippen LogP contribution in [-0.4, -0.2) is 15.9 Å². The number of hydrogen-bond acceptors (Lipinski definition) is 3. The molecule has 0 aliphatic heterocycles. The molecule has 6 heteroatoms. The molecule has 2 rings (SSSR count). The van der Waals surface area contributed by atoms with Crippen LogP contribution in [0.3, 0.4) is 0 Å². The maximum Gasteiger partial charge on any atom is 0.253 e. The number of pyridine rings is 2. The molecule has 0 saturated heterocycles. The molecule has 2 aromatic heterocycles. The van der Waals surface area contributed by atoms with Crippen LogP contribution in [0.4, 0.5) is 0 Å². The van der Waals surface area contributed by atoms with Gasteiger partial charge in [-0.1, -0.05) is 29.3 Å². The molecule has 0 aromatic carbocycles.